The van der Waals surface area contributed by atoms with E-state index < -0.39 is 5.82 Å². The van der Waals surface area contributed by atoms with Crippen molar-refractivity contribution in [3.63, 3.8) is 0 Å². The first kappa shape index (κ1) is 10.6. The van der Waals surface area contributed by atoms with Crippen LogP contribution in [0.3, 0.4) is 0 Å². The van der Waals surface area contributed by atoms with Gasteiger partial charge in [-0.15, -0.1) is 0 Å². The minimum absolute atomic E-state index is 0.0812. The van der Waals surface area contributed by atoms with Gasteiger partial charge in [-0.2, -0.15) is 0 Å². The van der Waals surface area contributed by atoms with Crippen LogP contribution < -0.4 is 9.47 Å². The summed E-state index contributed by atoms with van der Waals surface area (Å²) in [4.78, 5) is 0. The van der Waals surface area contributed by atoms with Crippen molar-refractivity contribution in [2.75, 3.05) is 14.2 Å². The lowest BCUT2D eigenvalue weighted by atomic mass is 10.3. The average molecular weight is 269 g/mol. The molecular formula is C8H7BrClFO2. The molecule has 0 amide bonds. The number of hydrogen-bond acceptors (Lipinski definition) is 2. The largest absolute Gasteiger partial charge is 0.494 e. The fourth-order valence-corrected chi connectivity index (χ4v) is 1.85. The normalized spacial score (nSPS) is 9.92. The van der Waals surface area contributed by atoms with Gasteiger partial charge < -0.3 is 9.47 Å². The Balaban J connectivity index is 3.37. The maximum atomic E-state index is 13.3. The van der Waals surface area contributed by atoms with Crippen LogP contribution in [0, 0.1) is 5.82 Å². The van der Waals surface area contributed by atoms with Gasteiger partial charge in [0.25, 0.3) is 0 Å². The van der Waals surface area contributed by atoms with E-state index in [0.717, 1.165) is 0 Å². The summed E-state index contributed by atoms with van der Waals surface area (Å²) in [5, 5.41) is 0.299. The second kappa shape index (κ2) is 4.15. The molecule has 0 bridgehead atoms. The molecule has 0 aliphatic carbocycles. The minimum atomic E-state index is -0.524. The predicted octanol–water partition coefficient (Wildman–Crippen LogP) is 3.26. The molecule has 72 valence electrons. The van der Waals surface area contributed by atoms with Crippen LogP contribution in [0.25, 0.3) is 0 Å². The van der Waals surface area contributed by atoms with Crippen LogP contribution >= 0.6 is 27.5 Å². The molecule has 0 aliphatic heterocycles. The zero-order valence-corrected chi connectivity index (χ0v) is 9.37. The highest BCUT2D eigenvalue weighted by atomic mass is 79.9. The van der Waals surface area contributed by atoms with Gasteiger partial charge in [-0.3, -0.25) is 0 Å². The summed E-state index contributed by atoms with van der Waals surface area (Å²) in [5.74, 6) is -0.179. The third-order valence-electron chi connectivity index (χ3n) is 1.51. The van der Waals surface area contributed by atoms with E-state index in [4.69, 9.17) is 21.1 Å². The second-order valence-electron chi connectivity index (χ2n) is 2.22. The van der Waals surface area contributed by atoms with E-state index >= 15 is 0 Å². The molecule has 0 unspecified atom stereocenters. The Kier molecular flexibility index (Phi) is 3.39. The maximum Gasteiger partial charge on any atom is 0.183 e. The van der Waals surface area contributed by atoms with Crippen LogP contribution in [0.2, 0.25) is 5.02 Å². The lowest BCUT2D eigenvalue weighted by molar-refractivity contribution is 0.374. The van der Waals surface area contributed by atoms with Gasteiger partial charge in [-0.05, 0) is 15.9 Å². The van der Waals surface area contributed by atoms with Crippen molar-refractivity contribution in [2.45, 2.75) is 0 Å². The Morgan fingerprint density at radius 2 is 2.00 bits per heavy atom. The molecule has 1 aromatic carbocycles. The molecule has 0 saturated carbocycles. The maximum absolute atomic E-state index is 13.3. The Labute approximate surface area is 88.7 Å². The fraction of sp³-hybridized carbons (Fsp3) is 0.250. The fourth-order valence-electron chi connectivity index (χ4n) is 0.892. The van der Waals surface area contributed by atoms with Crippen molar-refractivity contribution in [1.29, 1.82) is 0 Å². The second-order valence-corrected chi connectivity index (χ2v) is 3.42. The van der Waals surface area contributed by atoms with Crippen molar-refractivity contribution in [3.05, 3.63) is 21.4 Å². The van der Waals surface area contributed by atoms with Gasteiger partial charge in [0.15, 0.2) is 17.3 Å². The number of rotatable bonds is 2. The van der Waals surface area contributed by atoms with E-state index in [1.807, 2.05) is 0 Å². The van der Waals surface area contributed by atoms with Gasteiger partial charge in [0.1, 0.15) is 4.47 Å². The Bertz CT molecular complexity index is 330. The Morgan fingerprint density at radius 1 is 1.38 bits per heavy atom. The topological polar surface area (TPSA) is 18.5 Å². The van der Waals surface area contributed by atoms with Crippen molar-refractivity contribution in [2.24, 2.45) is 0 Å². The SMILES string of the molecule is COc1cc(Cl)c(OC)c(Br)c1F. The van der Waals surface area contributed by atoms with E-state index in [1.54, 1.807) is 0 Å². The molecule has 0 spiro atoms. The molecule has 0 radical (unpaired) electrons. The van der Waals surface area contributed by atoms with Crippen LogP contribution in [0.5, 0.6) is 11.5 Å². The number of methoxy groups -OCH3 is 2. The van der Waals surface area contributed by atoms with E-state index in [2.05, 4.69) is 15.9 Å². The summed E-state index contributed by atoms with van der Waals surface area (Å²) in [6, 6.07) is 1.36. The average Bonchev–Trinajstić information content (AvgIpc) is 2.12. The zero-order valence-electron chi connectivity index (χ0n) is 7.03. The summed E-state index contributed by atoms with van der Waals surface area (Å²) >= 11 is 8.80. The van der Waals surface area contributed by atoms with Gasteiger partial charge in [-0.1, -0.05) is 11.6 Å². The first-order chi connectivity index (χ1) is 6.11. The zero-order chi connectivity index (χ0) is 10.0. The molecule has 0 fully saturated rings. The first-order valence-corrected chi connectivity index (χ1v) is 4.54. The lowest BCUT2D eigenvalue weighted by Gasteiger charge is -2.09. The summed E-state index contributed by atoms with van der Waals surface area (Å²) in [6.07, 6.45) is 0. The highest BCUT2D eigenvalue weighted by molar-refractivity contribution is 9.10. The van der Waals surface area contributed by atoms with Gasteiger partial charge >= 0.3 is 0 Å². The van der Waals surface area contributed by atoms with Crippen molar-refractivity contribution in [1.82, 2.24) is 0 Å². The summed E-state index contributed by atoms with van der Waals surface area (Å²) < 4.78 is 23.1. The molecule has 0 saturated heterocycles. The van der Waals surface area contributed by atoms with Crippen molar-refractivity contribution < 1.29 is 13.9 Å². The quantitative estimate of drug-likeness (QED) is 0.767. The summed E-state index contributed by atoms with van der Waals surface area (Å²) in [7, 11) is 2.78. The van der Waals surface area contributed by atoms with E-state index in [1.165, 1.54) is 20.3 Å². The van der Waals surface area contributed by atoms with E-state index in [0.29, 0.717) is 5.02 Å². The van der Waals surface area contributed by atoms with Gasteiger partial charge in [-0.25, -0.2) is 4.39 Å². The predicted molar refractivity (Wildman–Crippen MR) is 52.2 cm³/mol. The summed E-state index contributed by atoms with van der Waals surface area (Å²) in [6.45, 7) is 0. The lowest BCUT2D eigenvalue weighted by Crippen LogP contribution is -1.93. The third-order valence-corrected chi connectivity index (χ3v) is 2.50. The van der Waals surface area contributed by atoms with Crippen LogP contribution in [0.15, 0.2) is 10.5 Å². The van der Waals surface area contributed by atoms with Crippen LogP contribution in [-0.4, -0.2) is 14.2 Å². The molecule has 0 aliphatic rings. The number of ether oxygens (including phenoxy) is 2. The van der Waals surface area contributed by atoms with Gasteiger partial charge in [0.05, 0.1) is 19.2 Å². The van der Waals surface area contributed by atoms with Crippen LogP contribution in [0.1, 0.15) is 0 Å². The Morgan fingerprint density at radius 3 is 2.46 bits per heavy atom. The molecule has 0 aromatic heterocycles. The van der Waals surface area contributed by atoms with Gasteiger partial charge in [0, 0.05) is 6.07 Å². The molecular weight excluding hydrogens is 262 g/mol. The van der Waals surface area contributed by atoms with E-state index in [-0.39, 0.29) is 16.0 Å². The molecule has 2 nitrogen and oxygen atoms in total. The molecule has 1 rings (SSSR count). The molecule has 0 N–H and O–H groups in total. The minimum Gasteiger partial charge on any atom is -0.494 e. The van der Waals surface area contributed by atoms with Crippen LogP contribution in [-0.2, 0) is 0 Å². The molecule has 1 aromatic rings. The monoisotopic (exact) mass is 268 g/mol. The van der Waals surface area contributed by atoms with Crippen LogP contribution in [0.4, 0.5) is 4.39 Å². The Hall–Kier alpha value is -0.480. The number of halogens is 3. The third kappa shape index (κ3) is 1.89. The molecule has 13 heavy (non-hydrogen) atoms. The molecule has 0 atom stereocenters. The number of benzene rings is 1. The highest BCUT2D eigenvalue weighted by Gasteiger charge is 2.16. The summed E-state index contributed by atoms with van der Waals surface area (Å²) in [5.41, 5.74) is 0. The van der Waals surface area contributed by atoms with E-state index in [9.17, 15) is 4.39 Å². The highest BCUT2D eigenvalue weighted by Crippen LogP contribution is 2.39. The molecule has 0 heterocycles. The first-order valence-electron chi connectivity index (χ1n) is 3.37. The standard InChI is InChI=1S/C8H7BrClFO2/c1-12-5-3-4(10)8(13-2)6(9)7(5)11/h3H,1-2H3. The van der Waals surface area contributed by atoms with Crippen molar-refractivity contribution >= 4 is 27.5 Å². The van der Waals surface area contributed by atoms with Gasteiger partial charge in [0.2, 0.25) is 0 Å². The van der Waals surface area contributed by atoms with Crippen molar-refractivity contribution in [3.8, 4) is 11.5 Å². The smallest absolute Gasteiger partial charge is 0.183 e. The number of hydrogen-bond donors (Lipinski definition) is 0. The molecule has 5 heteroatoms.